The minimum atomic E-state index is -0.488. The van der Waals surface area contributed by atoms with Gasteiger partial charge in [0.15, 0.2) is 5.78 Å². The second kappa shape index (κ2) is 9.15. The molecule has 0 unspecified atom stereocenters. The molecule has 3 aromatic rings. The van der Waals surface area contributed by atoms with Gasteiger partial charge in [0.25, 0.3) is 0 Å². The molecule has 0 aromatic heterocycles. The number of hydrogen-bond acceptors (Lipinski definition) is 4. The second-order valence-electron chi connectivity index (χ2n) is 9.42. The molecule has 0 saturated carbocycles. The van der Waals surface area contributed by atoms with Gasteiger partial charge in [-0.2, -0.15) is 0 Å². The van der Waals surface area contributed by atoms with Crippen LogP contribution in [0.25, 0.3) is 10.8 Å². The molecule has 0 heterocycles. The Kier molecular flexibility index (Phi) is 6.73. The van der Waals surface area contributed by atoms with Crippen molar-refractivity contribution in [3.8, 4) is 11.5 Å². The third-order valence-electron chi connectivity index (χ3n) is 6.10. The number of carbonyl (C=O) groups is 2. The van der Waals surface area contributed by atoms with Crippen molar-refractivity contribution in [2.75, 3.05) is 0 Å². The third-order valence-corrected chi connectivity index (χ3v) is 6.10. The van der Waals surface area contributed by atoms with Crippen LogP contribution in [0.2, 0.25) is 0 Å². The Labute approximate surface area is 190 Å². The van der Waals surface area contributed by atoms with Crippen LogP contribution in [0.15, 0.2) is 60.7 Å². The van der Waals surface area contributed by atoms with Crippen LogP contribution in [0, 0.1) is 5.41 Å². The third kappa shape index (κ3) is 5.37. The number of benzene rings is 3. The van der Waals surface area contributed by atoms with E-state index in [1.54, 1.807) is 30.3 Å². The molecule has 32 heavy (non-hydrogen) atoms. The molecule has 0 spiro atoms. The van der Waals surface area contributed by atoms with Crippen LogP contribution in [-0.4, -0.2) is 17.4 Å². The van der Waals surface area contributed by atoms with Crippen LogP contribution in [0.1, 0.15) is 75.1 Å². The minimum Gasteiger partial charge on any atom is -0.488 e. The Bertz CT molecular complexity index is 1140. The van der Waals surface area contributed by atoms with Gasteiger partial charge in [-0.1, -0.05) is 52.0 Å². The summed E-state index contributed by atoms with van der Waals surface area (Å²) in [5.41, 5.74) is 0.169. The van der Waals surface area contributed by atoms with Crippen LogP contribution >= 0.6 is 0 Å². The van der Waals surface area contributed by atoms with Crippen LogP contribution < -0.4 is 9.47 Å². The molecule has 0 aliphatic rings. The quantitative estimate of drug-likeness (QED) is 0.214. The zero-order valence-corrected chi connectivity index (χ0v) is 19.8. The molecule has 0 radical (unpaired) electrons. The van der Waals surface area contributed by atoms with E-state index < -0.39 is 11.4 Å². The van der Waals surface area contributed by atoms with E-state index in [1.165, 1.54) is 0 Å². The molecule has 0 fully saturated rings. The molecule has 0 N–H and O–H groups in total. The highest BCUT2D eigenvalue weighted by Crippen LogP contribution is 2.29. The summed E-state index contributed by atoms with van der Waals surface area (Å²) in [6.45, 7) is 12.0. The first-order valence-corrected chi connectivity index (χ1v) is 11.1. The molecule has 0 aliphatic heterocycles. The Morgan fingerprint density at radius 2 is 1.34 bits per heavy atom. The Morgan fingerprint density at radius 3 is 1.97 bits per heavy atom. The topological polar surface area (TPSA) is 52.6 Å². The minimum absolute atomic E-state index is 0.0182. The molecule has 3 aromatic carbocycles. The normalized spacial score (nSPS) is 11.9. The summed E-state index contributed by atoms with van der Waals surface area (Å²) in [6.07, 6.45) is 1.63. The maximum Gasteiger partial charge on any atom is 0.343 e. The number of esters is 1. The maximum atomic E-state index is 12.7. The van der Waals surface area contributed by atoms with Crippen LogP contribution in [0.4, 0.5) is 0 Å². The molecule has 3 rings (SSSR count). The van der Waals surface area contributed by atoms with E-state index in [0.717, 1.165) is 29.4 Å². The van der Waals surface area contributed by atoms with Gasteiger partial charge >= 0.3 is 5.97 Å². The molecule has 0 amide bonds. The van der Waals surface area contributed by atoms with Crippen molar-refractivity contribution in [1.82, 2.24) is 0 Å². The first-order chi connectivity index (χ1) is 15.0. The van der Waals surface area contributed by atoms with E-state index in [1.807, 2.05) is 51.1 Å². The lowest BCUT2D eigenvalue weighted by atomic mass is 9.82. The van der Waals surface area contributed by atoms with Gasteiger partial charge in [0.05, 0.1) is 5.56 Å². The fourth-order valence-corrected chi connectivity index (χ4v) is 3.22. The highest BCUT2D eigenvalue weighted by atomic mass is 16.5. The van der Waals surface area contributed by atoms with Gasteiger partial charge in [0.1, 0.15) is 17.1 Å². The number of hydrogen-bond donors (Lipinski definition) is 0. The molecule has 0 saturated heterocycles. The van der Waals surface area contributed by atoms with Crippen molar-refractivity contribution < 1.29 is 19.1 Å². The maximum absolute atomic E-state index is 12.7. The number of ketones is 1. The molecule has 168 valence electrons. The van der Waals surface area contributed by atoms with E-state index in [0.29, 0.717) is 16.9 Å². The van der Waals surface area contributed by atoms with Crippen molar-refractivity contribution >= 4 is 22.5 Å². The average Bonchev–Trinajstić information content (AvgIpc) is 2.78. The summed E-state index contributed by atoms with van der Waals surface area (Å²) in [5.74, 6) is 0.795. The lowest BCUT2D eigenvalue weighted by Crippen LogP contribution is -2.26. The largest absolute Gasteiger partial charge is 0.488 e. The first kappa shape index (κ1) is 23.5. The van der Waals surface area contributed by atoms with Gasteiger partial charge in [-0.05, 0) is 73.9 Å². The molecular weight excluding hydrogens is 400 g/mol. The molecule has 0 bridgehead atoms. The summed E-state index contributed by atoms with van der Waals surface area (Å²) in [7, 11) is 0. The molecule has 4 nitrogen and oxygen atoms in total. The first-order valence-electron chi connectivity index (χ1n) is 11.1. The van der Waals surface area contributed by atoms with Gasteiger partial charge in [-0.25, -0.2) is 4.79 Å². The SMILES string of the molecule is CCC(C)(C)Oc1ccc2cc(OC(=O)c3cccc(C(=O)C(C)(C)CC)c3)ccc2c1. The van der Waals surface area contributed by atoms with Gasteiger partial charge in [-0.15, -0.1) is 0 Å². The van der Waals surface area contributed by atoms with Crippen LogP contribution in [0.5, 0.6) is 11.5 Å². The van der Waals surface area contributed by atoms with Crippen LogP contribution in [0.3, 0.4) is 0 Å². The average molecular weight is 433 g/mol. The Morgan fingerprint density at radius 1 is 0.750 bits per heavy atom. The lowest BCUT2D eigenvalue weighted by molar-refractivity contribution is 0.0735. The van der Waals surface area contributed by atoms with E-state index >= 15 is 0 Å². The number of ether oxygens (including phenoxy) is 2. The lowest BCUT2D eigenvalue weighted by Gasteiger charge is -2.25. The summed E-state index contributed by atoms with van der Waals surface area (Å²) in [4.78, 5) is 25.5. The highest BCUT2D eigenvalue weighted by Gasteiger charge is 2.27. The summed E-state index contributed by atoms with van der Waals surface area (Å²) in [6, 6.07) is 18.1. The summed E-state index contributed by atoms with van der Waals surface area (Å²) < 4.78 is 11.7. The van der Waals surface area contributed by atoms with E-state index in [9.17, 15) is 9.59 Å². The van der Waals surface area contributed by atoms with Crippen molar-refractivity contribution in [3.05, 3.63) is 71.8 Å². The predicted octanol–water partition coefficient (Wildman–Crippen LogP) is 7.25. The van der Waals surface area contributed by atoms with Crippen molar-refractivity contribution in [1.29, 1.82) is 0 Å². The summed E-state index contributed by atoms with van der Waals surface area (Å²) >= 11 is 0. The zero-order valence-electron chi connectivity index (χ0n) is 19.8. The van der Waals surface area contributed by atoms with E-state index in [4.69, 9.17) is 9.47 Å². The molecular formula is C28H32O4. The molecule has 0 aliphatic carbocycles. The Hall–Kier alpha value is -3.14. The summed E-state index contributed by atoms with van der Waals surface area (Å²) in [5, 5.41) is 1.95. The molecule has 0 atom stereocenters. The van der Waals surface area contributed by atoms with Gasteiger partial charge < -0.3 is 9.47 Å². The van der Waals surface area contributed by atoms with Crippen molar-refractivity contribution in [2.45, 2.75) is 60.0 Å². The standard InChI is InChI=1S/C28H32O4/c1-7-27(3,4)25(29)21-10-9-11-22(16-21)26(30)31-23-14-12-20-18-24(15-13-19(20)17-23)32-28(5,6)8-2/h9-18H,7-8H2,1-6H3. The van der Waals surface area contributed by atoms with Gasteiger partial charge in [-0.3, -0.25) is 4.79 Å². The van der Waals surface area contributed by atoms with Crippen LogP contribution in [-0.2, 0) is 0 Å². The number of fused-ring (bicyclic) bond motifs is 1. The van der Waals surface area contributed by atoms with Gasteiger partial charge in [0, 0.05) is 11.0 Å². The smallest absolute Gasteiger partial charge is 0.343 e. The Balaban J connectivity index is 1.78. The number of rotatable bonds is 8. The number of Topliss-reactive ketones (excluding diaryl/α,β-unsaturated/α-hetero) is 1. The number of carbonyl (C=O) groups excluding carboxylic acids is 2. The molecule has 4 heteroatoms. The van der Waals surface area contributed by atoms with E-state index in [2.05, 4.69) is 20.8 Å². The monoisotopic (exact) mass is 432 g/mol. The predicted molar refractivity (Wildman–Crippen MR) is 129 cm³/mol. The fourth-order valence-electron chi connectivity index (χ4n) is 3.22. The van der Waals surface area contributed by atoms with E-state index in [-0.39, 0.29) is 11.4 Å². The van der Waals surface area contributed by atoms with Gasteiger partial charge in [0.2, 0.25) is 0 Å². The fraction of sp³-hybridized carbons (Fsp3) is 0.357. The highest BCUT2D eigenvalue weighted by molar-refractivity contribution is 6.02. The van der Waals surface area contributed by atoms with Crippen molar-refractivity contribution in [3.63, 3.8) is 0 Å². The second-order valence-corrected chi connectivity index (χ2v) is 9.42. The zero-order chi connectivity index (χ0) is 23.5. The van der Waals surface area contributed by atoms with Crippen molar-refractivity contribution in [2.24, 2.45) is 5.41 Å².